The fraction of sp³-hybridized carbons (Fsp3) is 0.949. The Morgan fingerprint density at radius 3 is 0.732 bits per heavy atom. The second kappa shape index (κ2) is 67.2. The first-order valence-electron chi connectivity index (χ1n) is 40.2. The number of hydrogen-bond donors (Lipinski definition) is 3. The van der Waals surface area contributed by atoms with Crippen molar-refractivity contribution in [3.63, 3.8) is 0 Å². The molecule has 17 nitrogen and oxygen atoms in total. The van der Waals surface area contributed by atoms with Crippen LogP contribution in [0.5, 0.6) is 0 Å². The van der Waals surface area contributed by atoms with E-state index in [-0.39, 0.29) is 25.7 Å². The van der Waals surface area contributed by atoms with Crippen molar-refractivity contribution in [2.75, 3.05) is 39.6 Å². The molecule has 19 heteroatoms. The molecule has 0 heterocycles. The van der Waals surface area contributed by atoms with Gasteiger partial charge in [-0.25, -0.2) is 9.13 Å². The summed E-state index contributed by atoms with van der Waals surface area (Å²) in [5.74, 6) is 0.964. The molecule has 0 aromatic rings. The molecule has 0 saturated carbocycles. The zero-order chi connectivity index (χ0) is 71.7. The number of phosphoric ester groups is 2. The normalized spacial score (nSPS) is 14.4. The van der Waals surface area contributed by atoms with Crippen LogP contribution in [0.15, 0.2) is 0 Å². The van der Waals surface area contributed by atoms with E-state index < -0.39 is 97.5 Å². The number of phosphoric acid groups is 2. The van der Waals surface area contributed by atoms with Crippen molar-refractivity contribution in [3.05, 3.63) is 0 Å². The van der Waals surface area contributed by atoms with E-state index in [0.29, 0.717) is 25.7 Å². The number of unbranched alkanes of at least 4 members (excludes halogenated alkanes) is 40. The first-order chi connectivity index (χ1) is 46.6. The maximum Gasteiger partial charge on any atom is 0.472 e. The highest BCUT2D eigenvalue weighted by atomic mass is 31.2. The molecule has 3 unspecified atom stereocenters. The number of rotatable bonds is 75. The first kappa shape index (κ1) is 95.1. The number of aliphatic hydroxyl groups excluding tert-OH is 1. The summed E-state index contributed by atoms with van der Waals surface area (Å²) in [5.41, 5.74) is 0. The monoisotopic (exact) mass is 1420 g/mol. The Kier molecular flexibility index (Phi) is 65.9. The van der Waals surface area contributed by atoms with Crippen LogP contribution >= 0.6 is 15.6 Å². The molecule has 97 heavy (non-hydrogen) atoms. The molecule has 0 fully saturated rings. The Morgan fingerprint density at radius 2 is 0.495 bits per heavy atom. The molecule has 0 bridgehead atoms. The lowest BCUT2D eigenvalue weighted by Crippen LogP contribution is -2.30. The van der Waals surface area contributed by atoms with Gasteiger partial charge in [0.1, 0.15) is 19.3 Å². The lowest BCUT2D eigenvalue weighted by molar-refractivity contribution is -0.161. The minimum absolute atomic E-state index is 0.105. The average Bonchev–Trinajstić information content (AvgIpc) is 2.23. The number of aliphatic hydroxyl groups is 1. The highest BCUT2D eigenvalue weighted by Crippen LogP contribution is 2.45. The number of hydrogen-bond acceptors (Lipinski definition) is 15. The molecule has 0 radical (unpaired) electrons. The van der Waals surface area contributed by atoms with E-state index in [2.05, 4.69) is 55.4 Å². The Hall–Kier alpha value is -1.94. The van der Waals surface area contributed by atoms with E-state index in [4.69, 9.17) is 37.0 Å². The van der Waals surface area contributed by atoms with Gasteiger partial charge in [-0.1, -0.05) is 344 Å². The molecular weight excluding hydrogens is 1270 g/mol. The quantitative estimate of drug-likeness (QED) is 0.0222. The summed E-state index contributed by atoms with van der Waals surface area (Å²) >= 11 is 0. The Bertz CT molecular complexity index is 1900. The van der Waals surface area contributed by atoms with Crippen molar-refractivity contribution < 1.29 is 80.2 Å². The number of carbonyl (C=O) groups is 4. The van der Waals surface area contributed by atoms with Crippen molar-refractivity contribution >= 4 is 39.5 Å². The molecule has 0 aromatic carbocycles. The van der Waals surface area contributed by atoms with E-state index in [1.54, 1.807) is 0 Å². The van der Waals surface area contributed by atoms with E-state index in [1.807, 2.05) is 0 Å². The molecule has 3 N–H and O–H groups in total. The number of ether oxygens (including phenoxy) is 4. The van der Waals surface area contributed by atoms with Gasteiger partial charge in [0.2, 0.25) is 0 Å². The molecule has 0 aliphatic rings. The third-order valence-corrected chi connectivity index (χ3v) is 20.3. The van der Waals surface area contributed by atoms with Gasteiger partial charge in [-0.2, -0.15) is 0 Å². The van der Waals surface area contributed by atoms with E-state index in [1.165, 1.54) is 193 Å². The third-order valence-electron chi connectivity index (χ3n) is 18.4. The van der Waals surface area contributed by atoms with Crippen molar-refractivity contribution in [1.29, 1.82) is 0 Å². The first-order valence-corrected chi connectivity index (χ1v) is 43.2. The molecule has 6 atom stereocenters. The fourth-order valence-electron chi connectivity index (χ4n) is 11.9. The lowest BCUT2D eigenvalue weighted by Gasteiger charge is -2.21. The van der Waals surface area contributed by atoms with Gasteiger partial charge in [0.05, 0.1) is 26.4 Å². The minimum atomic E-state index is -4.96. The van der Waals surface area contributed by atoms with Gasteiger partial charge in [0, 0.05) is 25.7 Å². The summed E-state index contributed by atoms with van der Waals surface area (Å²) in [6.45, 7) is 14.2. The van der Waals surface area contributed by atoms with Crippen LogP contribution in [-0.2, 0) is 65.4 Å². The van der Waals surface area contributed by atoms with Gasteiger partial charge in [-0.05, 0) is 49.4 Å². The molecule has 0 aliphatic heterocycles. The van der Waals surface area contributed by atoms with Crippen LogP contribution in [0.25, 0.3) is 0 Å². The predicted octanol–water partition coefficient (Wildman–Crippen LogP) is 22.8. The highest BCUT2D eigenvalue weighted by molar-refractivity contribution is 7.47. The van der Waals surface area contributed by atoms with Crippen LogP contribution in [0.2, 0.25) is 0 Å². The van der Waals surface area contributed by atoms with Crippen molar-refractivity contribution in [3.8, 4) is 0 Å². The maximum atomic E-state index is 13.1. The van der Waals surface area contributed by atoms with Crippen LogP contribution in [-0.4, -0.2) is 96.7 Å². The summed E-state index contributed by atoms with van der Waals surface area (Å²) in [7, 11) is -9.92. The van der Waals surface area contributed by atoms with Crippen LogP contribution in [0, 0.1) is 23.7 Å². The summed E-state index contributed by atoms with van der Waals surface area (Å²) in [4.78, 5) is 72.9. The summed E-state index contributed by atoms with van der Waals surface area (Å²) in [5, 5.41) is 10.6. The summed E-state index contributed by atoms with van der Waals surface area (Å²) in [6.07, 6.45) is 52.7. The Morgan fingerprint density at radius 1 is 0.289 bits per heavy atom. The topological polar surface area (TPSA) is 237 Å². The smallest absolute Gasteiger partial charge is 0.462 e. The molecule has 576 valence electrons. The van der Waals surface area contributed by atoms with Crippen LogP contribution in [0.4, 0.5) is 0 Å². The Labute approximate surface area is 594 Å². The van der Waals surface area contributed by atoms with Crippen LogP contribution < -0.4 is 0 Å². The second-order valence-corrected chi connectivity index (χ2v) is 32.7. The summed E-state index contributed by atoms with van der Waals surface area (Å²) < 4.78 is 68.6. The van der Waals surface area contributed by atoms with Crippen molar-refractivity contribution in [1.82, 2.24) is 0 Å². The lowest BCUT2D eigenvalue weighted by atomic mass is 10.00. The Balaban J connectivity index is 5.26. The zero-order valence-electron chi connectivity index (χ0n) is 63.7. The van der Waals surface area contributed by atoms with Crippen molar-refractivity contribution in [2.24, 2.45) is 23.7 Å². The van der Waals surface area contributed by atoms with E-state index in [0.717, 1.165) is 120 Å². The molecule has 0 rings (SSSR count). The molecule has 0 amide bonds. The highest BCUT2D eigenvalue weighted by Gasteiger charge is 2.30. The van der Waals surface area contributed by atoms with Gasteiger partial charge < -0.3 is 33.8 Å². The largest absolute Gasteiger partial charge is 0.472 e. The standard InChI is InChI=1S/C78H152O17P2/c1-9-71(8)57-49-41-36-37-43-51-59-76(81)89-65-74(95-78(83)61-53-45-35-29-23-17-20-26-32-40-48-56-70(6)7)67-93-97(86,87)91-63-72(79)62-90-96(84,85)92-66-73(94-77(82)60-52-44-34-28-22-16-12-14-19-25-31-39-47-55-69(4)5)64-88-75(80)58-50-42-33-27-21-15-11-10-13-18-24-30-38-46-54-68(2)3/h68-74,79H,9-67H2,1-8H3,(H,84,85)(H,86,87)/t71?,72-,73-,74-/m1/s1. The molecule has 0 saturated heterocycles. The molecule has 0 spiro atoms. The SMILES string of the molecule is CCC(C)CCCCCCCCC(=O)OC[C@H](COP(=O)(O)OC[C@H](O)COP(=O)(O)OC[C@@H](COC(=O)CCCCCCCCCCCCCCCCC(C)C)OC(=O)CCCCCCCCCCCCCCCC(C)C)OC(=O)CCCCCCCCCCCCCC(C)C. The predicted molar refractivity (Wildman–Crippen MR) is 395 cm³/mol. The number of carbonyl (C=O) groups excluding carboxylic acids is 4. The third kappa shape index (κ3) is 70.9. The van der Waals surface area contributed by atoms with Gasteiger partial charge in [-0.3, -0.25) is 37.3 Å². The second-order valence-electron chi connectivity index (χ2n) is 29.8. The molecule has 0 aliphatic carbocycles. The van der Waals surface area contributed by atoms with Crippen LogP contribution in [0.1, 0.15) is 396 Å². The van der Waals surface area contributed by atoms with E-state index in [9.17, 15) is 43.2 Å². The minimum Gasteiger partial charge on any atom is -0.462 e. The summed E-state index contributed by atoms with van der Waals surface area (Å²) in [6, 6.07) is 0. The van der Waals surface area contributed by atoms with E-state index >= 15 is 0 Å². The average molecular weight is 1420 g/mol. The van der Waals surface area contributed by atoms with Gasteiger partial charge in [0.15, 0.2) is 12.2 Å². The van der Waals surface area contributed by atoms with Crippen LogP contribution in [0.3, 0.4) is 0 Å². The van der Waals surface area contributed by atoms with Gasteiger partial charge >= 0.3 is 39.5 Å². The van der Waals surface area contributed by atoms with Crippen molar-refractivity contribution in [2.45, 2.75) is 414 Å². The number of esters is 4. The zero-order valence-corrected chi connectivity index (χ0v) is 65.5. The molecular formula is C78H152O17P2. The maximum absolute atomic E-state index is 13.1. The van der Waals surface area contributed by atoms with Gasteiger partial charge in [-0.15, -0.1) is 0 Å². The fourth-order valence-corrected chi connectivity index (χ4v) is 13.5. The van der Waals surface area contributed by atoms with Gasteiger partial charge in [0.25, 0.3) is 0 Å². The molecule has 0 aromatic heterocycles.